The molecule has 1 aromatic carbocycles. The smallest absolute Gasteiger partial charge is 0.150 e. The molecule has 2 atom stereocenters. The molecule has 0 spiro atoms. The van der Waals surface area contributed by atoms with Crippen LogP contribution in [0.25, 0.3) is 0 Å². The van der Waals surface area contributed by atoms with Crippen molar-refractivity contribution in [2.75, 3.05) is 31.1 Å². The van der Waals surface area contributed by atoms with E-state index in [2.05, 4.69) is 5.32 Å². The molecule has 0 aliphatic carbocycles. The Labute approximate surface area is 104 Å². The molecule has 94 valence electrons. The van der Waals surface area contributed by atoms with E-state index in [1.54, 1.807) is 11.0 Å². The van der Waals surface area contributed by atoms with Gasteiger partial charge in [0.05, 0.1) is 11.6 Å². The second-order valence-corrected chi connectivity index (χ2v) is 4.98. The summed E-state index contributed by atoms with van der Waals surface area (Å²) < 4.78 is 27.8. The number of rotatable bonds is 1. The van der Waals surface area contributed by atoms with Gasteiger partial charge in [-0.15, -0.1) is 0 Å². The number of fused-ring (bicyclic) bond motifs is 1. The summed E-state index contributed by atoms with van der Waals surface area (Å²) in [6.07, 6.45) is 0. The third kappa shape index (κ3) is 1.73. The average molecular weight is 249 g/mol. The monoisotopic (exact) mass is 249 g/mol. The predicted octanol–water partition coefficient (Wildman–Crippen LogP) is 1.49. The van der Waals surface area contributed by atoms with Crippen molar-refractivity contribution in [2.24, 2.45) is 11.8 Å². The van der Waals surface area contributed by atoms with Gasteiger partial charge in [-0.3, -0.25) is 0 Å². The highest BCUT2D eigenvalue weighted by Crippen LogP contribution is 2.33. The third-order valence-electron chi connectivity index (χ3n) is 3.85. The second kappa shape index (κ2) is 4.21. The van der Waals surface area contributed by atoms with Gasteiger partial charge in [0.15, 0.2) is 11.6 Å². The summed E-state index contributed by atoms with van der Waals surface area (Å²) in [5, 5.41) is 12.0. The first-order valence-electron chi connectivity index (χ1n) is 6.04. The first kappa shape index (κ1) is 11.4. The zero-order valence-electron chi connectivity index (χ0n) is 9.79. The SMILES string of the molecule is N#Cc1cc(F)c(N2C[C@H]3CNC[C@H]3C2)c(F)c1. The topological polar surface area (TPSA) is 39.1 Å². The molecule has 0 unspecified atom stereocenters. The van der Waals surface area contributed by atoms with Crippen molar-refractivity contribution in [2.45, 2.75) is 0 Å². The summed E-state index contributed by atoms with van der Waals surface area (Å²) in [5.74, 6) is -0.335. The lowest BCUT2D eigenvalue weighted by molar-refractivity contribution is 0.533. The number of nitrogens with one attached hydrogen (secondary N) is 1. The van der Waals surface area contributed by atoms with Crippen LogP contribution in [0.1, 0.15) is 5.56 Å². The second-order valence-electron chi connectivity index (χ2n) is 4.98. The molecular formula is C13H13F2N3. The molecule has 2 saturated heterocycles. The summed E-state index contributed by atoms with van der Waals surface area (Å²) in [7, 11) is 0. The zero-order valence-corrected chi connectivity index (χ0v) is 9.79. The minimum Gasteiger partial charge on any atom is -0.366 e. The maximum Gasteiger partial charge on any atom is 0.150 e. The number of hydrogen-bond acceptors (Lipinski definition) is 3. The van der Waals surface area contributed by atoms with Gasteiger partial charge in [0, 0.05) is 26.2 Å². The van der Waals surface area contributed by atoms with Crippen LogP contribution in [0.5, 0.6) is 0 Å². The minimum absolute atomic E-state index is 0.0170. The fraction of sp³-hybridized carbons (Fsp3) is 0.462. The van der Waals surface area contributed by atoms with Crippen LogP contribution in [-0.2, 0) is 0 Å². The molecule has 0 amide bonds. The van der Waals surface area contributed by atoms with Gasteiger partial charge >= 0.3 is 0 Å². The average Bonchev–Trinajstić information content (AvgIpc) is 2.88. The van der Waals surface area contributed by atoms with Crippen molar-refractivity contribution < 1.29 is 8.78 Å². The van der Waals surface area contributed by atoms with E-state index in [1.807, 2.05) is 0 Å². The molecule has 3 rings (SSSR count). The number of nitrogens with zero attached hydrogens (tertiary/aromatic N) is 2. The van der Waals surface area contributed by atoms with Crippen LogP contribution in [-0.4, -0.2) is 26.2 Å². The Kier molecular flexibility index (Phi) is 2.67. The van der Waals surface area contributed by atoms with Gasteiger partial charge in [-0.1, -0.05) is 0 Å². The van der Waals surface area contributed by atoms with Crippen LogP contribution in [0.3, 0.4) is 0 Å². The summed E-state index contributed by atoms with van der Waals surface area (Å²) in [5.41, 5.74) is 0.0400. The Morgan fingerprint density at radius 1 is 1.17 bits per heavy atom. The Morgan fingerprint density at radius 2 is 1.72 bits per heavy atom. The van der Waals surface area contributed by atoms with Gasteiger partial charge in [-0.05, 0) is 24.0 Å². The Balaban J connectivity index is 1.92. The molecule has 18 heavy (non-hydrogen) atoms. The van der Waals surface area contributed by atoms with Gasteiger partial charge in [0.2, 0.25) is 0 Å². The van der Waals surface area contributed by atoms with Crippen LogP contribution in [0.2, 0.25) is 0 Å². The summed E-state index contributed by atoms with van der Waals surface area (Å²) in [4.78, 5) is 1.77. The number of anilines is 1. The molecule has 2 fully saturated rings. The molecule has 0 saturated carbocycles. The predicted molar refractivity (Wildman–Crippen MR) is 63.1 cm³/mol. The van der Waals surface area contributed by atoms with E-state index in [1.165, 1.54) is 0 Å². The molecule has 0 aromatic heterocycles. The van der Waals surface area contributed by atoms with E-state index in [0.717, 1.165) is 25.2 Å². The van der Waals surface area contributed by atoms with Gasteiger partial charge in [0.25, 0.3) is 0 Å². The maximum absolute atomic E-state index is 13.9. The first-order valence-corrected chi connectivity index (χ1v) is 6.04. The highest BCUT2D eigenvalue weighted by molar-refractivity contribution is 5.53. The van der Waals surface area contributed by atoms with Crippen LogP contribution in [0, 0.1) is 34.8 Å². The van der Waals surface area contributed by atoms with E-state index in [4.69, 9.17) is 5.26 Å². The summed E-state index contributed by atoms with van der Waals surface area (Å²) in [6.45, 7) is 3.19. The van der Waals surface area contributed by atoms with E-state index in [0.29, 0.717) is 24.9 Å². The number of nitriles is 1. The van der Waals surface area contributed by atoms with Crippen molar-refractivity contribution in [1.82, 2.24) is 5.32 Å². The van der Waals surface area contributed by atoms with E-state index < -0.39 is 11.6 Å². The standard InChI is InChI=1S/C13H13F2N3/c14-11-1-8(3-16)2-12(15)13(11)18-6-9-4-17-5-10(9)7-18/h1-2,9-10,17H,4-7H2/t9-,10+. The minimum atomic E-state index is -0.639. The number of benzene rings is 1. The van der Waals surface area contributed by atoms with Crippen LogP contribution in [0.4, 0.5) is 14.5 Å². The number of halogens is 2. The van der Waals surface area contributed by atoms with Crippen molar-refractivity contribution in [3.05, 3.63) is 29.3 Å². The zero-order chi connectivity index (χ0) is 12.7. The van der Waals surface area contributed by atoms with Crippen LogP contribution < -0.4 is 10.2 Å². The molecule has 2 aliphatic rings. The molecule has 0 radical (unpaired) electrons. The van der Waals surface area contributed by atoms with Gasteiger partial charge < -0.3 is 10.2 Å². The highest BCUT2D eigenvalue weighted by Gasteiger charge is 2.37. The highest BCUT2D eigenvalue weighted by atomic mass is 19.1. The Morgan fingerprint density at radius 3 is 2.22 bits per heavy atom. The summed E-state index contributed by atoms with van der Waals surface area (Å²) in [6, 6.07) is 3.96. The largest absolute Gasteiger partial charge is 0.366 e. The maximum atomic E-state index is 13.9. The molecule has 0 bridgehead atoms. The van der Waals surface area contributed by atoms with Gasteiger partial charge in [-0.2, -0.15) is 5.26 Å². The molecule has 3 nitrogen and oxygen atoms in total. The lowest BCUT2D eigenvalue weighted by Crippen LogP contribution is -2.27. The molecule has 2 heterocycles. The van der Waals surface area contributed by atoms with Crippen molar-refractivity contribution in [3.8, 4) is 6.07 Å². The Bertz CT molecular complexity index is 488. The molecule has 5 heteroatoms. The lowest BCUT2D eigenvalue weighted by atomic mass is 10.0. The Hall–Kier alpha value is -1.67. The van der Waals surface area contributed by atoms with Crippen LogP contribution in [0.15, 0.2) is 12.1 Å². The van der Waals surface area contributed by atoms with Crippen molar-refractivity contribution in [3.63, 3.8) is 0 Å². The van der Waals surface area contributed by atoms with E-state index in [9.17, 15) is 8.78 Å². The molecular weight excluding hydrogens is 236 g/mol. The first-order chi connectivity index (χ1) is 8.69. The molecule has 1 aromatic rings. The van der Waals surface area contributed by atoms with Gasteiger partial charge in [0.1, 0.15) is 5.69 Å². The molecule has 2 aliphatic heterocycles. The van der Waals surface area contributed by atoms with E-state index in [-0.39, 0.29) is 11.3 Å². The fourth-order valence-corrected chi connectivity index (χ4v) is 2.97. The number of hydrogen-bond donors (Lipinski definition) is 1. The van der Waals surface area contributed by atoms with E-state index >= 15 is 0 Å². The third-order valence-corrected chi connectivity index (χ3v) is 3.85. The fourth-order valence-electron chi connectivity index (χ4n) is 2.97. The van der Waals surface area contributed by atoms with Crippen molar-refractivity contribution in [1.29, 1.82) is 5.26 Å². The van der Waals surface area contributed by atoms with Gasteiger partial charge in [-0.25, -0.2) is 8.78 Å². The van der Waals surface area contributed by atoms with Crippen LogP contribution >= 0.6 is 0 Å². The quantitative estimate of drug-likeness (QED) is 0.819. The summed E-state index contributed by atoms with van der Waals surface area (Å²) >= 11 is 0. The van der Waals surface area contributed by atoms with Crippen molar-refractivity contribution >= 4 is 5.69 Å². The normalized spacial score (nSPS) is 26.2. The lowest BCUT2D eigenvalue weighted by Gasteiger charge is -2.21. The molecule has 1 N–H and O–H groups in total.